The fraction of sp³-hybridized carbons (Fsp3) is 0.419. The summed E-state index contributed by atoms with van der Waals surface area (Å²) >= 11 is 0. The number of phenols is 1. The monoisotopic (exact) mass is 441 g/mol. The molecule has 2 N–H and O–H groups in total. The fourth-order valence-corrected chi connectivity index (χ4v) is 5.18. The van der Waals surface area contributed by atoms with Crippen LogP contribution in [0.4, 0.5) is 11.4 Å². The standard InChI is InChI=1S/C31H39NO/c1-2-3-4-5-6-7-8-9-10-11-16-24-21-22-28(32-29-19-14-15-20-30(29)33)27-23-25-17-12-13-18-26(25)31(24)27/h12-15,17-22,32-33H,2-11,16,23H2,1H3. The molecule has 3 aromatic carbocycles. The van der Waals surface area contributed by atoms with Gasteiger partial charge in [-0.05, 0) is 58.9 Å². The second kappa shape index (κ2) is 11.9. The maximum absolute atomic E-state index is 10.2. The van der Waals surface area contributed by atoms with E-state index in [-0.39, 0.29) is 5.75 Å². The molecule has 0 atom stereocenters. The van der Waals surface area contributed by atoms with Crippen molar-refractivity contribution >= 4 is 11.4 Å². The summed E-state index contributed by atoms with van der Waals surface area (Å²) in [5.41, 5.74) is 8.91. The summed E-state index contributed by atoms with van der Waals surface area (Å²) in [7, 11) is 0. The summed E-state index contributed by atoms with van der Waals surface area (Å²) < 4.78 is 0. The van der Waals surface area contributed by atoms with E-state index in [9.17, 15) is 5.11 Å². The Kier molecular flexibility index (Phi) is 8.47. The number of hydrogen-bond donors (Lipinski definition) is 2. The van der Waals surface area contributed by atoms with E-state index >= 15 is 0 Å². The summed E-state index contributed by atoms with van der Waals surface area (Å²) in [6, 6.07) is 20.8. The van der Waals surface area contributed by atoms with Gasteiger partial charge < -0.3 is 10.4 Å². The molecule has 0 unspecified atom stereocenters. The van der Waals surface area contributed by atoms with Crippen LogP contribution in [-0.4, -0.2) is 5.11 Å². The minimum atomic E-state index is 0.288. The molecular weight excluding hydrogens is 402 g/mol. The van der Waals surface area contributed by atoms with Crippen LogP contribution in [0.5, 0.6) is 5.75 Å². The van der Waals surface area contributed by atoms with Crippen LogP contribution in [0.25, 0.3) is 11.1 Å². The Morgan fingerprint density at radius 2 is 1.36 bits per heavy atom. The maximum atomic E-state index is 10.2. The summed E-state index contributed by atoms with van der Waals surface area (Å²) in [6.07, 6.45) is 15.8. The van der Waals surface area contributed by atoms with Gasteiger partial charge in [0.15, 0.2) is 0 Å². The first-order valence-electron chi connectivity index (χ1n) is 13.1. The zero-order valence-corrected chi connectivity index (χ0v) is 20.2. The van der Waals surface area contributed by atoms with Gasteiger partial charge in [-0.2, -0.15) is 0 Å². The molecule has 1 aliphatic carbocycles. The molecule has 4 rings (SSSR count). The van der Waals surface area contributed by atoms with Gasteiger partial charge in [0.25, 0.3) is 0 Å². The number of rotatable bonds is 13. The van der Waals surface area contributed by atoms with Gasteiger partial charge in [0.1, 0.15) is 5.75 Å². The minimum absolute atomic E-state index is 0.288. The summed E-state index contributed by atoms with van der Waals surface area (Å²) in [5, 5.41) is 13.7. The van der Waals surface area contributed by atoms with Crippen LogP contribution < -0.4 is 5.32 Å². The molecule has 3 aromatic rings. The maximum Gasteiger partial charge on any atom is 0.139 e. The average Bonchev–Trinajstić information content (AvgIpc) is 3.23. The van der Waals surface area contributed by atoms with Crippen molar-refractivity contribution in [2.24, 2.45) is 0 Å². The Morgan fingerprint density at radius 3 is 2.12 bits per heavy atom. The number of unbranched alkanes of at least 4 members (excludes halogenated alkanes) is 9. The molecule has 0 aromatic heterocycles. The zero-order valence-electron chi connectivity index (χ0n) is 20.2. The first-order chi connectivity index (χ1) is 16.3. The molecule has 1 aliphatic rings. The molecule has 0 radical (unpaired) electrons. The van der Waals surface area contributed by atoms with Gasteiger partial charge in [0.05, 0.1) is 5.69 Å². The van der Waals surface area contributed by atoms with E-state index in [1.165, 1.54) is 92.0 Å². The van der Waals surface area contributed by atoms with Crippen LogP contribution in [0.1, 0.15) is 87.8 Å². The van der Waals surface area contributed by atoms with Crippen molar-refractivity contribution in [1.82, 2.24) is 0 Å². The molecule has 2 heteroatoms. The topological polar surface area (TPSA) is 32.3 Å². The van der Waals surface area contributed by atoms with E-state index in [2.05, 4.69) is 48.6 Å². The van der Waals surface area contributed by atoms with Crippen molar-refractivity contribution < 1.29 is 5.11 Å². The lowest BCUT2D eigenvalue weighted by atomic mass is 9.94. The number of nitrogens with one attached hydrogen (secondary N) is 1. The Balaban J connectivity index is 1.39. The second-order valence-electron chi connectivity index (χ2n) is 9.53. The number of fused-ring (bicyclic) bond motifs is 3. The molecule has 0 bridgehead atoms. The summed E-state index contributed by atoms with van der Waals surface area (Å²) in [6.45, 7) is 2.28. The Labute approximate surface area is 200 Å². The van der Waals surface area contributed by atoms with E-state index in [0.717, 1.165) is 24.2 Å². The average molecular weight is 442 g/mol. The van der Waals surface area contributed by atoms with Gasteiger partial charge in [-0.15, -0.1) is 0 Å². The molecular formula is C31H39NO. The highest BCUT2D eigenvalue weighted by Gasteiger charge is 2.24. The SMILES string of the molecule is CCCCCCCCCCCCc1ccc(Nc2ccccc2O)c2c1-c1ccccc1C2. The molecule has 0 heterocycles. The molecule has 33 heavy (non-hydrogen) atoms. The highest BCUT2D eigenvalue weighted by molar-refractivity contribution is 5.86. The van der Waals surface area contributed by atoms with Crippen LogP contribution in [0.15, 0.2) is 60.7 Å². The second-order valence-corrected chi connectivity index (χ2v) is 9.53. The summed E-state index contributed by atoms with van der Waals surface area (Å²) in [4.78, 5) is 0. The predicted octanol–water partition coefficient (Wildman–Crippen LogP) is 9.17. The zero-order chi connectivity index (χ0) is 22.9. The van der Waals surface area contributed by atoms with Crippen LogP contribution in [0.3, 0.4) is 0 Å². The van der Waals surface area contributed by atoms with Crippen LogP contribution in [0, 0.1) is 0 Å². The Hall–Kier alpha value is -2.74. The van der Waals surface area contributed by atoms with Gasteiger partial charge in [0, 0.05) is 12.1 Å². The third-order valence-corrected chi connectivity index (χ3v) is 7.03. The number of para-hydroxylation sites is 2. The molecule has 174 valence electrons. The van der Waals surface area contributed by atoms with Crippen molar-refractivity contribution in [1.29, 1.82) is 0 Å². The van der Waals surface area contributed by atoms with Crippen molar-refractivity contribution in [3.8, 4) is 16.9 Å². The highest BCUT2D eigenvalue weighted by Crippen LogP contribution is 2.44. The molecule has 0 amide bonds. The lowest BCUT2D eigenvalue weighted by molar-refractivity contribution is 0.478. The van der Waals surface area contributed by atoms with Gasteiger partial charge in [-0.3, -0.25) is 0 Å². The van der Waals surface area contributed by atoms with Crippen molar-refractivity contribution in [2.75, 3.05) is 5.32 Å². The third kappa shape index (κ3) is 5.99. The number of aryl methyl sites for hydroxylation is 1. The first-order valence-corrected chi connectivity index (χ1v) is 13.1. The van der Waals surface area contributed by atoms with E-state index in [1.807, 2.05) is 18.2 Å². The van der Waals surface area contributed by atoms with Gasteiger partial charge in [0.2, 0.25) is 0 Å². The van der Waals surface area contributed by atoms with Crippen LogP contribution in [-0.2, 0) is 12.8 Å². The van der Waals surface area contributed by atoms with Gasteiger partial charge in [-0.25, -0.2) is 0 Å². The summed E-state index contributed by atoms with van der Waals surface area (Å²) in [5.74, 6) is 0.288. The quantitative estimate of drug-likeness (QED) is 0.160. The minimum Gasteiger partial charge on any atom is -0.506 e. The van der Waals surface area contributed by atoms with Gasteiger partial charge >= 0.3 is 0 Å². The van der Waals surface area contributed by atoms with E-state index in [1.54, 1.807) is 6.07 Å². The fourth-order valence-electron chi connectivity index (χ4n) is 5.18. The van der Waals surface area contributed by atoms with Crippen molar-refractivity contribution in [2.45, 2.75) is 84.0 Å². The molecule has 0 saturated heterocycles. The van der Waals surface area contributed by atoms with E-state index in [4.69, 9.17) is 0 Å². The molecule has 2 nitrogen and oxygen atoms in total. The van der Waals surface area contributed by atoms with E-state index in [0.29, 0.717) is 0 Å². The largest absolute Gasteiger partial charge is 0.506 e. The van der Waals surface area contributed by atoms with E-state index < -0.39 is 0 Å². The van der Waals surface area contributed by atoms with Crippen molar-refractivity contribution in [3.63, 3.8) is 0 Å². The number of hydrogen-bond acceptors (Lipinski definition) is 2. The lowest BCUT2D eigenvalue weighted by Crippen LogP contribution is -1.99. The highest BCUT2D eigenvalue weighted by atomic mass is 16.3. The lowest BCUT2D eigenvalue weighted by Gasteiger charge is -2.16. The Morgan fingerprint density at radius 1 is 0.697 bits per heavy atom. The van der Waals surface area contributed by atoms with Crippen LogP contribution in [0.2, 0.25) is 0 Å². The smallest absolute Gasteiger partial charge is 0.139 e. The molecule has 0 fully saturated rings. The number of benzene rings is 3. The number of anilines is 2. The normalized spacial score (nSPS) is 11.9. The van der Waals surface area contributed by atoms with Gasteiger partial charge in [-0.1, -0.05) is 107 Å². The Bertz CT molecular complexity index is 1040. The first kappa shape index (κ1) is 23.4. The molecule has 0 spiro atoms. The van der Waals surface area contributed by atoms with Crippen molar-refractivity contribution in [3.05, 3.63) is 77.4 Å². The number of aromatic hydroxyl groups is 1. The molecule has 0 aliphatic heterocycles. The van der Waals surface area contributed by atoms with Crippen LogP contribution >= 0.6 is 0 Å². The number of phenolic OH excluding ortho intramolecular Hbond substituents is 1. The third-order valence-electron chi connectivity index (χ3n) is 7.03. The predicted molar refractivity (Wildman–Crippen MR) is 142 cm³/mol. The molecule has 0 saturated carbocycles.